The molecule has 0 bridgehead atoms. The number of non-ortho nitro benzene ring substituents is 1. The van der Waals surface area contributed by atoms with Gasteiger partial charge in [0.1, 0.15) is 5.82 Å². The normalized spacial score (nSPS) is 11.0. The molecular formula is C24H18N4O4. The van der Waals surface area contributed by atoms with E-state index >= 15 is 0 Å². The number of hydrogen-bond acceptors (Lipinski definition) is 5. The predicted molar refractivity (Wildman–Crippen MR) is 124 cm³/mol. The van der Waals surface area contributed by atoms with E-state index in [-0.39, 0.29) is 17.2 Å². The predicted octanol–water partition coefficient (Wildman–Crippen LogP) is 4.42. The first-order valence-corrected chi connectivity index (χ1v) is 9.75. The number of rotatable bonds is 5. The van der Waals surface area contributed by atoms with Crippen molar-refractivity contribution in [2.45, 2.75) is 6.92 Å². The van der Waals surface area contributed by atoms with E-state index in [1.807, 2.05) is 6.07 Å². The fourth-order valence-electron chi connectivity index (χ4n) is 3.29. The molecule has 32 heavy (non-hydrogen) atoms. The highest BCUT2D eigenvalue weighted by Gasteiger charge is 2.11. The van der Waals surface area contributed by atoms with Crippen LogP contribution in [-0.2, 0) is 4.79 Å². The molecule has 1 N–H and O–H groups in total. The van der Waals surface area contributed by atoms with E-state index < -0.39 is 4.92 Å². The molecule has 1 heterocycles. The largest absolute Gasteiger partial charge is 0.326 e. The highest BCUT2D eigenvalue weighted by molar-refractivity contribution is 5.88. The molecule has 8 heteroatoms. The van der Waals surface area contributed by atoms with Gasteiger partial charge >= 0.3 is 0 Å². The van der Waals surface area contributed by atoms with Gasteiger partial charge in [-0.1, -0.05) is 18.2 Å². The van der Waals surface area contributed by atoms with Crippen molar-refractivity contribution in [3.63, 3.8) is 0 Å². The molecule has 0 aliphatic rings. The van der Waals surface area contributed by atoms with Crippen LogP contribution in [0.5, 0.6) is 0 Å². The highest BCUT2D eigenvalue weighted by Crippen LogP contribution is 2.18. The molecule has 0 aliphatic heterocycles. The number of benzene rings is 3. The molecule has 158 valence electrons. The Balaban J connectivity index is 1.81. The van der Waals surface area contributed by atoms with Crippen LogP contribution in [0, 0.1) is 10.1 Å². The van der Waals surface area contributed by atoms with E-state index in [2.05, 4.69) is 10.3 Å². The minimum Gasteiger partial charge on any atom is -0.326 e. The minimum atomic E-state index is -0.458. The van der Waals surface area contributed by atoms with Gasteiger partial charge in [-0.2, -0.15) is 0 Å². The zero-order valence-electron chi connectivity index (χ0n) is 17.1. The third-order valence-corrected chi connectivity index (χ3v) is 4.78. The van der Waals surface area contributed by atoms with E-state index in [1.165, 1.54) is 23.6 Å². The fraction of sp³-hybridized carbons (Fsp3) is 0.0417. The quantitative estimate of drug-likeness (QED) is 0.375. The van der Waals surface area contributed by atoms with E-state index in [4.69, 9.17) is 0 Å². The van der Waals surface area contributed by atoms with Gasteiger partial charge in [0.05, 0.1) is 21.5 Å². The number of nitrogens with one attached hydrogen (secondary N) is 1. The van der Waals surface area contributed by atoms with Crippen LogP contribution in [0.2, 0.25) is 0 Å². The number of fused-ring (bicyclic) bond motifs is 1. The van der Waals surface area contributed by atoms with Gasteiger partial charge in [-0.25, -0.2) is 4.98 Å². The zero-order chi connectivity index (χ0) is 22.7. The summed E-state index contributed by atoms with van der Waals surface area (Å²) in [7, 11) is 0. The number of carbonyl (C=O) groups excluding carboxylic acids is 1. The van der Waals surface area contributed by atoms with Crippen molar-refractivity contribution in [1.29, 1.82) is 0 Å². The summed E-state index contributed by atoms with van der Waals surface area (Å²) in [5, 5.41) is 14.0. The Bertz CT molecular complexity index is 1410. The second-order valence-electron chi connectivity index (χ2n) is 7.04. The van der Waals surface area contributed by atoms with Gasteiger partial charge in [-0.15, -0.1) is 0 Å². The van der Waals surface area contributed by atoms with Crippen molar-refractivity contribution >= 4 is 40.3 Å². The molecule has 0 fully saturated rings. The molecule has 0 spiro atoms. The lowest BCUT2D eigenvalue weighted by Crippen LogP contribution is -2.22. The first kappa shape index (κ1) is 20.7. The van der Waals surface area contributed by atoms with Crippen molar-refractivity contribution in [3.05, 3.63) is 105 Å². The van der Waals surface area contributed by atoms with Crippen molar-refractivity contribution < 1.29 is 9.72 Å². The third kappa shape index (κ3) is 4.29. The smallest absolute Gasteiger partial charge is 0.269 e. The second kappa shape index (κ2) is 8.65. The molecule has 0 saturated carbocycles. The summed E-state index contributed by atoms with van der Waals surface area (Å²) in [6.45, 7) is 1.42. The zero-order valence-corrected chi connectivity index (χ0v) is 17.1. The van der Waals surface area contributed by atoms with Gasteiger partial charge < -0.3 is 5.32 Å². The topological polar surface area (TPSA) is 107 Å². The molecule has 0 atom stereocenters. The van der Waals surface area contributed by atoms with E-state index in [9.17, 15) is 19.7 Å². The number of carbonyl (C=O) groups is 1. The Labute approximate surface area is 182 Å². The van der Waals surface area contributed by atoms with Crippen LogP contribution in [0.15, 0.2) is 77.6 Å². The van der Waals surface area contributed by atoms with Crippen molar-refractivity contribution in [3.8, 4) is 5.69 Å². The van der Waals surface area contributed by atoms with Crippen LogP contribution in [-0.4, -0.2) is 20.4 Å². The lowest BCUT2D eigenvalue weighted by Gasteiger charge is -2.12. The van der Waals surface area contributed by atoms with Crippen LogP contribution >= 0.6 is 0 Å². The Hall–Kier alpha value is -4.59. The van der Waals surface area contributed by atoms with Crippen LogP contribution in [0.1, 0.15) is 18.3 Å². The number of para-hydroxylation sites is 1. The lowest BCUT2D eigenvalue weighted by molar-refractivity contribution is -0.384. The average molecular weight is 426 g/mol. The van der Waals surface area contributed by atoms with Gasteiger partial charge in [-0.3, -0.25) is 24.3 Å². The summed E-state index contributed by atoms with van der Waals surface area (Å²) in [4.78, 5) is 39.6. The van der Waals surface area contributed by atoms with Gasteiger partial charge in [0, 0.05) is 24.7 Å². The average Bonchev–Trinajstić information content (AvgIpc) is 2.78. The SMILES string of the molecule is CC(=O)Nc1ccc(-n2c(/C=C/c3ccc([N+](=O)[O-])cc3)nc3ccccc3c2=O)cc1. The summed E-state index contributed by atoms with van der Waals surface area (Å²) in [5.74, 6) is 0.216. The van der Waals surface area contributed by atoms with Crippen LogP contribution < -0.4 is 10.9 Å². The van der Waals surface area contributed by atoms with Crippen molar-refractivity contribution in [2.75, 3.05) is 5.32 Å². The number of amides is 1. The minimum absolute atomic E-state index is 0.00199. The number of nitro benzene ring substituents is 1. The second-order valence-corrected chi connectivity index (χ2v) is 7.04. The molecule has 4 aromatic rings. The summed E-state index contributed by atoms with van der Waals surface area (Å²) < 4.78 is 1.49. The molecular weight excluding hydrogens is 408 g/mol. The molecule has 4 rings (SSSR count). The summed E-state index contributed by atoms with van der Waals surface area (Å²) in [5.41, 5.74) is 2.27. The summed E-state index contributed by atoms with van der Waals surface area (Å²) in [6.07, 6.45) is 3.43. The first-order chi connectivity index (χ1) is 15.4. The monoisotopic (exact) mass is 426 g/mol. The Kier molecular flexibility index (Phi) is 5.59. The molecule has 0 aliphatic carbocycles. The van der Waals surface area contributed by atoms with E-state index in [0.717, 1.165) is 5.56 Å². The van der Waals surface area contributed by atoms with Gasteiger partial charge in [0.25, 0.3) is 11.2 Å². The van der Waals surface area contributed by atoms with Crippen molar-refractivity contribution in [1.82, 2.24) is 9.55 Å². The van der Waals surface area contributed by atoms with Crippen LogP contribution in [0.4, 0.5) is 11.4 Å². The molecule has 0 radical (unpaired) electrons. The van der Waals surface area contributed by atoms with E-state index in [0.29, 0.717) is 28.1 Å². The van der Waals surface area contributed by atoms with Crippen molar-refractivity contribution in [2.24, 2.45) is 0 Å². The molecule has 8 nitrogen and oxygen atoms in total. The van der Waals surface area contributed by atoms with Gasteiger partial charge in [0.2, 0.25) is 5.91 Å². The van der Waals surface area contributed by atoms with Gasteiger partial charge in [-0.05, 0) is 60.2 Å². The molecule has 1 amide bonds. The summed E-state index contributed by atoms with van der Waals surface area (Å²) in [6, 6.07) is 20.0. The molecule has 3 aromatic carbocycles. The number of hydrogen-bond donors (Lipinski definition) is 1. The number of nitrogens with zero attached hydrogens (tertiary/aromatic N) is 3. The molecule has 0 saturated heterocycles. The van der Waals surface area contributed by atoms with Crippen LogP contribution in [0.25, 0.3) is 28.7 Å². The first-order valence-electron chi connectivity index (χ1n) is 9.75. The fourth-order valence-corrected chi connectivity index (χ4v) is 3.29. The van der Waals surface area contributed by atoms with Crippen LogP contribution in [0.3, 0.4) is 0 Å². The molecule has 0 unspecified atom stereocenters. The lowest BCUT2D eigenvalue weighted by atomic mass is 10.2. The maximum absolute atomic E-state index is 13.3. The highest BCUT2D eigenvalue weighted by atomic mass is 16.6. The number of aromatic nitrogens is 2. The Morgan fingerprint density at radius 3 is 2.34 bits per heavy atom. The molecule has 1 aromatic heterocycles. The summed E-state index contributed by atoms with van der Waals surface area (Å²) >= 11 is 0. The maximum Gasteiger partial charge on any atom is 0.269 e. The number of nitro groups is 1. The van der Waals surface area contributed by atoms with Gasteiger partial charge in [0.15, 0.2) is 0 Å². The maximum atomic E-state index is 13.3. The Morgan fingerprint density at radius 1 is 1.00 bits per heavy atom. The third-order valence-electron chi connectivity index (χ3n) is 4.78. The van der Waals surface area contributed by atoms with E-state index in [1.54, 1.807) is 66.7 Å². The number of anilines is 1. The standard InChI is InChI=1S/C24H18N4O4/c1-16(29)25-18-9-13-19(14-10-18)27-23(26-22-5-3-2-4-21(22)24(27)30)15-8-17-6-11-20(12-7-17)28(31)32/h2-15H,1H3,(H,25,29)/b15-8+. The Morgan fingerprint density at radius 2 is 1.69 bits per heavy atom.